The van der Waals surface area contributed by atoms with Gasteiger partial charge in [0.15, 0.2) is 5.00 Å². The Bertz CT molecular complexity index is 616. The summed E-state index contributed by atoms with van der Waals surface area (Å²) >= 11 is 4.75. The first-order valence-corrected chi connectivity index (χ1v) is 8.13. The first kappa shape index (κ1) is 15.8. The molecule has 0 saturated carbocycles. The van der Waals surface area contributed by atoms with Gasteiger partial charge < -0.3 is 10.1 Å². The molecular weight excluding hydrogens is 354 g/mol. The highest BCUT2D eigenvalue weighted by Gasteiger charge is 2.13. The summed E-state index contributed by atoms with van der Waals surface area (Å²) in [6.07, 6.45) is -0.563. The Morgan fingerprint density at radius 3 is 3.00 bits per heavy atom. The summed E-state index contributed by atoms with van der Waals surface area (Å²) in [6, 6.07) is 7.29. The van der Waals surface area contributed by atoms with Gasteiger partial charge in [-0.15, -0.1) is 11.3 Å². The lowest BCUT2D eigenvalue weighted by Gasteiger charge is -2.09. The number of ether oxygens (including phenoxy) is 1. The summed E-state index contributed by atoms with van der Waals surface area (Å²) in [4.78, 5) is 15.9. The first-order valence-electron chi connectivity index (χ1n) is 6.46. The summed E-state index contributed by atoms with van der Waals surface area (Å²) in [6.45, 7) is 5.01. The number of aromatic nitrogens is 1. The Morgan fingerprint density at radius 2 is 2.29 bits per heavy atom. The van der Waals surface area contributed by atoms with Crippen molar-refractivity contribution in [1.29, 1.82) is 0 Å². The van der Waals surface area contributed by atoms with Crippen molar-refractivity contribution in [3.05, 3.63) is 34.2 Å². The molecule has 2 N–H and O–H groups in total. The van der Waals surface area contributed by atoms with E-state index in [4.69, 9.17) is 4.74 Å². The molecule has 0 aliphatic heterocycles. The lowest BCUT2D eigenvalue weighted by molar-refractivity contribution is 0.214. The van der Waals surface area contributed by atoms with Crippen LogP contribution in [0.2, 0.25) is 0 Å². The first-order chi connectivity index (χ1) is 10.0. The fraction of sp³-hybridized carbons (Fsp3) is 0.286. The molecule has 1 heterocycles. The van der Waals surface area contributed by atoms with Gasteiger partial charge in [0.1, 0.15) is 0 Å². The molecule has 7 heteroatoms. The van der Waals surface area contributed by atoms with Gasteiger partial charge in [0.2, 0.25) is 0 Å². The molecule has 0 saturated heterocycles. The molecule has 0 aliphatic rings. The van der Waals surface area contributed by atoms with Crippen LogP contribution in [0.25, 0.3) is 0 Å². The Hall–Kier alpha value is -1.60. The van der Waals surface area contributed by atoms with Crippen LogP contribution in [0.5, 0.6) is 5.88 Å². The van der Waals surface area contributed by atoms with Gasteiger partial charge in [0, 0.05) is 16.7 Å². The minimum atomic E-state index is -0.563. The fourth-order valence-corrected chi connectivity index (χ4v) is 2.54. The van der Waals surface area contributed by atoms with Crippen LogP contribution < -0.4 is 15.4 Å². The Kier molecular flexibility index (Phi) is 5.58. The molecule has 0 aliphatic carbocycles. The molecule has 0 fully saturated rings. The number of anilines is 2. The van der Waals surface area contributed by atoms with Gasteiger partial charge in [-0.05, 0) is 24.1 Å². The van der Waals surface area contributed by atoms with Gasteiger partial charge in [-0.3, -0.25) is 5.32 Å². The van der Waals surface area contributed by atoms with Gasteiger partial charge in [-0.1, -0.05) is 35.8 Å². The molecule has 1 aromatic heterocycles. The van der Waals surface area contributed by atoms with Crippen LogP contribution in [-0.4, -0.2) is 17.6 Å². The van der Waals surface area contributed by atoms with Crippen molar-refractivity contribution in [1.82, 2.24) is 4.98 Å². The normalized spacial score (nSPS) is 10.5. The highest BCUT2D eigenvalue weighted by molar-refractivity contribution is 9.10. The zero-order valence-electron chi connectivity index (χ0n) is 11.7. The molecule has 0 unspecified atom stereocenters. The molecule has 0 atom stereocenters. The van der Waals surface area contributed by atoms with E-state index in [9.17, 15) is 4.79 Å². The monoisotopic (exact) mass is 369 g/mol. The van der Waals surface area contributed by atoms with Gasteiger partial charge in [0.25, 0.3) is 5.88 Å². The second-order valence-electron chi connectivity index (χ2n) is 4.79. The quantitative estimate of drug-likeness (QED) is 0.809. The van der Waals surface area contributed by atoms with E-state index in [0.29, 0.717) is 17.5 Å². The number of benzene rings is 1. The third-order valence-electron chi connectivity index (χ3n) is 2.47. The van der Waals surface area contributed by atoms with Crippen LogP contribution in [-0.2, 0) is 0 Å². The molecule has 1 aromatic carbocycles. The minimum Gasteiger partial charge on any atom is -0.388 e. The van der Waals surface area contributed by atoms with Gasteiger partial charge in [-0.25, -0.2) is 9.78 Å². The minimum absolute atomic E-state index is 0.299. The molecule has 0 spiro atoms. The number of carbonyl (C=O) groups is 1. The van der Waals surface area contributed by atoms with E-state index in [-0.39, 0.29) is 0 Å². The third-order valence-corrected chi connectivity index (χ3v) is 3.72. The predicted octanol–water partition coefficient (Wildman–Crippen LogP) is 4.58. The van der Waals surface area contributed by atoms with E-state index in [2.05, 4.69) is 45.4 Å². The average molecular weight is 370 g/mol. The van der Waals surface area contributed by atoms with E-state index in [1.165, 1.54) is 11.3 Å². The van der Waals surface area contributed by atoms with E-state index >= 15 is 0 Å². The van der Waals surface area contributed by atoms with Crippen LogP contribution in [0.3, 0.4) is 0 Å². The average Bonchev–Trinajstić information content (AvgIpc) is 2.83. The van der Waals surface area contributed by atoms with Crippen LogP contribution in [0.1, 0.15) is 13.8 Å². The molecule has 2 rings (SSSR count). The summed E-state index contributed by atoms with van der Waals surface area (Å²) < 4.78 is 6.12. The Balaban J connectivity index is 1.95. The zero-order chi connectivity index (χ0) is 15.2. The number of halogens is 1. The highest BCUT2D eigenvalue weighted by Crippen LogP contribution is 2.28. The number of amides is 1. The summed E-state index contributed by atoms with van der Waals surface area (Å²) in [5, 5.41) is 6.63. The second kappa shape index (κ2) is 7.42. The van der Waals surface area contributed by atoms with Crippen LogP contribution in [0, 0.1) is 5.92 Å². The highest BCUT2D eigenvalue weighted by atomic mass is 79.9. The number of thiazole rings is 1. The van der Waals surface area contributed by atoms with E-state index in [0.717, 1.165) is 16.0 Å². The van der Waals surface area contributed by atoms with E-state index in [1.54, 1.807) is 17.6 Å². The van der Waals surface area contributed by atoms with Gasteiger partial charge in [0.05, 0.1) is 5.51 Å². The number of nitrogens with one attached hydrogen (secondary N) is 2. The number of rotatable bonds is 5. The fourth-order valence-electron chi connectivity index (χ4n) is 1.52. The molecule has 1 amide bonds. The van der Waals surface area contributed by atoms with Crippen molar-refractivity contribution in [2.24, 2.45) is 5.92 Å². The topological polar surface area (TPSA) is 63.3 Å². The molecule has 2 aromatic rings. The molecule has 0 bridgehead atoms. The van der Waals surface area contributed by atoms with Crippen molar-refractivity contribution in [2.75, 3.05) is 17.2 Å². The standard InChI is InChI=1S/C14H16BrN3O2S/c1-9(2)7-16-13-12(17-8-21-13)20-14(19)18-11-5-3-4-10(15)6-11/h3-6,8-9,16H,7H2,1-2H3,(H,18,19). The maximum atomic E-state index is 11.9. The lowest BCUT2D eigenvalue weighted by atomic mass is 10.2. The zero-order valence-corrected chi connectivity index (χ0v) is 14.1. The van der Waals surface area contributed by atoms with Crippen LogP contribution in [0.15, 0.2) is 34.2 Å². The van der Waals surface area contributed by atoms with Gasteiger partial charge >= 0.3 is 6.09 Å². The number of carbonyl (C=O) groups excluding carboxylic acids is 1. The Morgan fingerprint density at radius 1 is 1.48 bits per heavy atom. The molecule has 5 nitrogen and oxygen atoms in total. The second-order valence-corrected chi connectivity index (χ2v) is 6.56. The molecular formula is C14H16BrN3O2S. The predicted molar refractivity (Wildman–Crippen MR) is 89.2 cm³/mol. The van der Waals surface area contributed by atoms with Crippen molar-refractivity contribution < 1.29 is 9.53 Å². The number of hydrogen-bond acceptors (Lipinski definition) is 5. The van der Waals surface area contributed by atoms with Gasteiger partial charge in [-0.2, -0.15) is 0 Å². The van der Waals surface area contributed by atoms with E-state index < -0.39 is 6.09 Å². The van der Waals surface area contributed by atoms with Crippen molar-refractivity contribution in [2.45, 2.75) is 13.8 Å². The molecule has 112 valence electrons. The maximum Gasteiger partial charge on any atom is 0.418 e. The number of hydrogen-bond donors (Lipinski definition) is 2. The van der Waals surface area contributed by atoms with Crippen molar-refractivity contribution in [3.63, 3.8) is 0 Å². The molecule has 0 radical (unpaired) electrons. The smallest absolute Gasteiger partial charge is 0.388 e. The summed E-state index contributed by atoms with van der Waals surface area (Å²) in [7, 11) is 0. The summed E-state index contributed by atoms with van der Waals surface area (Å²) in [5.41, 5.74) is 2.30. The largest absolute Gasteiger partial charge is 0.418 e. The van der Waals surface area contributed by atoms with E-state index in [1.807, 2.05) is 12.1 Å². The summed E-state index contributed by atoms with van der Waals surface area (Å²) in [5.74, 6) is 0.795. The lowest BCUT2D eigenvalue weighted by Crippen LogP contribution is -2.18. The third kappa shape index (κ3) is 5.02. The van der Waals surface area contributed by atoms with Crippen molar-refractivity contribution in [3.8, 4) is 5.88 Å². The van der Waals surface area contributed by atoms with Crippen LogP contribution >= 0.6 is 27.3 Å². The van der Waals surface area contributed by atoms with Crippen molar-refractivity contribution >= 4 is 44.0 Å². The Labute approximate surface area is 135 Å². The van der Waals surface area contributed by atoms with Crippen LogP contribution in [0.4, 0.5) is 15.5 Å². The molecule has 21 heavy (non-hydrogen) atoms. The SMILES string of the molecule is CC(C)CNc1scnc1OC(=O)Nc1cccc(Br)c1. The number of nitrogens with zero attached hydrogens (tertiary/aromatic N) is 1. The maximum absolute atomic E-state index is 11.9.